The molecule has 4 heteroatoms. The van der Waals surface area contributed by atoms with Crippen LogP contribution in [0.15, 0.2) is 24.3 Å². The summed E-state index contributed by atoms with van der Waals surface area (Å²) in [5.41, 5.74) is 0.518. The first-order valence-electron chi connectivity index (χ1n) is 6.28. The molecule has 0 aliphatic heterocycles. The summed E-state index contributed by atoms with van der Waals surface area (Å²) in [6.07, 6.45) is 6.97. The van der Waals surface area contributed by atoms with Crippen molar-refractivity contribution < 1.29 is 9.90 Å². The molecule has 0 bridgehead atoms. The lowest BCUT2D eigenvalue weighted by Gasteiger charge is -2.26. The maximum absolute atomic E-state index is 12.0. The normalized spacial score (nSPS) is 17.6. The Kier molecular flexibility index (Phi) is 4.17. The predicted octanol–water partition coefficient (Wildman–Crippen LogP) is 2.80. The van der Waals surface area contributed by atoms with Crippen LogP contribution in [0.1, 0.15) is 36.0 Å². The molecule has 18 heavy (non-hydrogen) atoms. The van der Waals surface area contributed by atoms with Gasteiger partial charge in [-0.15, -0.1) is 0 Å². The maximum atomic E-state index is 12.0. The van der Waals surface area contributed by atoms with E-state index in [4.69, 9.17) is 0 Å². The highest BCUT2D eigenvalue weighted by molar-refractivity contribution is 8.00. The number of aromatic hydroxyl groups is 1. The summed E-state index contributed by atoms with van der Waals surface area (Å²) in [5, 5.41) is 12.3. The van der Waals surface area contributed by atoms with E-state index in [9.17, 15) is 9.90 Å². The van der Waals surface area contributed by atoms with E-state index in [1.54, 1.807) is 18.2 Å². The Morgan fingerprint density at radius 3 is 2.78 bits per heavy atom. The molecule has 2 rings (SSSR count). The summed E-state index contributed by atoms with van der Waals surface area (Å²) >= 11 is 1.86. The molecular weight excluding hydrogens is 246 g/mol. The summed E-state index contributed by atoms with van der Waals surface area (Å²) < 4.78 is 0.215. The van der Waals surface area contributed by atoms with Gasteiger partial charge in [0.1, 0.15) is 5.75 Å². The standard InChI is InChI=1S/C14H19NO2S/c1-18-14(7-2-3-8-14)10-15-13(17)11-5-4-6-12(16)9-11/h4-6,9,16H,2-3,7-8,10H2,1H3,(H,15,17). The van der Waals surface area contributed by atoms with Gasteiger partial charge in [-0.2, -0.15) is 11.8 Å². The van der Waals surface area contributed by atoms with E-state index in [1.807, 2.05) is 11.8 Å². The maximum Gasteiger partial charge on any atom is 0.251 e. The topological polar surface area (TPSA) is 49.3 Å². The highest BCUT2D eigenvalue weighted by atomic mass is 32.2. The van der Waals surface area contributed by atoms with Gasteiger partial charge in [0.05, 0.1) is 0 Å². The van der Waals surface area contributed by atoms with Crippen LogP contribution in [0.2, 0.25) is 0 Å². The van der Waals surface area contributed by atoms with Gasteiger partial charge >= 0.3 is 0 Å². The van der Waals surface area contributed by atoms with Crippen LogP contribution in [0, 0.1) is 0 Å². The van der Waals surface area contributed by atoms with Gasteiger partial charge in [-0.3, -0.25) is 4.79 Å². The molecule has 1 aliphatic rings. The average molecular weight is 265 g/mol. The third-order valence-electron chi connectivity index (χ3n) is 3.63. The molecule has 0 spiro atoms. The van der Waals surface area contributed by atoms with Gasteiger partial charge in [0, 0.05) is 16.9 Å². The van der Waals surface area contributed by atoms with Crippen molar-refractivity contribution in [2.24, 2.45) is 0 Å². The molecule has 0 aromatic heterocycles. The van der Waals surface area contributed by atoms with Crippen molar-refractivity contribution in [3.05, 3.63) is 29.8 Å². The van der Waals surface area contributed by atoms with Crippen molar-refractivity contribution in [3.63, 3.8) is 0 Å². The number of hydrogen-bond acceptors (Lipinski definition) is 3. The Morgan fingerprint density at radius 1 is 1.44 bits per heavy atom. The van der Waals surface area contributed by atoms with Gasteiger partial charge in [0.15, 0.2) is 0 Å². The molecule has 1 aliphatic carbocycles. The number of rotatable bonds is 4. The lowest BCUT2D eigenvalue weighted by atomic mass is 10.1. The minimum absolute atomic E-state index is 0.105. The molecule has 0 saturated heterocycles. The monoisotopic (exact) mass is 265 g/mol. The zero-order valence-corrected chi connectivity index (χ0v) is 11.4. The van der Waals surface area contributed by atoms with Crippen LogP contribution in [-0.4, -0.2) is 28.6 Å². The quantitative estimate of drug-likeness (QED) is 0.880. The Balaban J connectivity index is 1.96. The fourth-order valence-corrected chi connectivity index (χ4v) is 3.38. The van der Waals surface area contributed by atoms with Crippen molar-refractivity contribution in [2.75, 3.05) is 12.8 Å². The number of carbonyl (C=O) groups is 1. The van der Waals surface area contributed by atoms with Crippen LogP contribution in [0.5, 0.6) is 5.75 Å². The van der Waals surface area contributed by atoms with Crippen LogP contribution in [0.4, 0.5) is 0 Å². The molecule has 0 heterocycles. The summed E-state index contributed by atoms with van der Waals surface area (Å²) in [7, 11) is 0. The molecule has 1 fully saturated rings. The fourth-order valence-electron chi connectivity index (χ4n) is 2.46. The average Bonchev–Trinajstić information content (AvgIpc) is 2.85. The summed E-state index contributed by atoms with van der Waals surface area (Å²) in [4.78, 5) is 12.0. The zero-order chi connectivity index (χ0) is 13.0. The summed E-state index contributed by atoms with van der Waals surface area (Å²) in [6, 6.07) is 6.46. The molecule has 98 valence electrons. The van der Waals surface area contributed by atoms with Crippen LogP contribution in [0.25, 0.3) is 0 Å². The van der Waals surface area contributed by atoms with Crippen molar-refractivity contribution in [1.82, 2.24) is 5.32 Å². The number of phenols is 1. The first kappa shape index (κ1) is 13.3. The van der Waals surface area contributed by atoms with E-state index in [2.05, 4.69) is 11.6 Å². The second kappa shape index (κ2) is 5.65. The van der Waals surface area contributed by atoms with Crippen molar-refractivity contribution in [3.8, 4) is 5.75 Å². The van der Waals surface area contributed by atoms with E-state index in [-0.39, 0.29) is 16.4 Å². The van der Waals surface area contributed by atoms with Gasteiger partial charge in [-0.1, -0.05) is 18.9 Å². The minimum atomic E-state index is -0.105. The van der Waals surface area contributed by atoms with Crippen LogP contribution in [0.3, 0.4) is 0 Å². The molecule has 1 saturated carbocycles. The second-order valence-electron chi connectivity index (χ2n) is 4.83. The number of hydrogen-bond donors (Lipinski definition) is 2. The summed E-state index contributed by atoms with van der Waals surface area (Å²) in [5.74, 6) is 0.0225. The number of benzene rings is 1. The summed E-state index contributed by atoms with van der Waals surface area (Å²) in [6.45, 7) is 0.711. The number of carbonyl (C=O) groups excluding carboxylic acids is 1. The van der Waals surface area contributed by atoms with Gasteiger partial charge in [0.25, 0.3) is 5.91 Å². The molecule has 0 atom stereocenters. The molecule has 0 radical (unpaired) electrons. The van der Waals surface area contributed by atoms with Crippen LogP contribution in [-0.2, 0) is 0 Å². The third-order valence-corrected chi connectivity index (χ3v) is 5.05. The Labute approximate surface area is 112 Å². The van der Waals surface area contributed by atoms with Gasteiger partial charge in [-0.25, -0.2) is 0 Å². The molecule has 1 amide bonds. The Morgan fingerprint density at radius 2 is 2.17 bits per heavy atom. The minimum Gasteiger partial charge on any atom is -0.508 e. The predicted molar refractivity (Wildman–Crippen MR) is 75.2 cm³/mol. The van der Waals surface area contributed by atoms with Crippen LogP contribution >= 0.6 is 11.8 Å². The number of nitrogens with one attached hydrogen (secondary N) is 1. The Bertz CT molecular complexity index is 428. The lowest BCUT2D eigenvalue weighted by molar-refractivity contribution is 0.0949. The van der Waals surface area contributed by atoms with E-state index in [0.717, 1.165) is 0 Å². The van der Waals surface area contributed by atoms with E-state index in [0.29, 0.717) is 12.1 Å². The van der Waals surface area contributed by atoms with Crippen molar-refractivity contribution in [1.29, 1.82) is 0 Å². The highest BCUT2D eigenvalue weighted by Crippen LogP contribution is 2.39. The smallest absolute Gasteiger partial charge is 0.251 e. The van der Waals surface area contributed by atoms with E-state index in [1.165, 1.54) is 31.7 Å². The molecule has 0 unspecified atom stereocenters. The Hall–Kier alpha value is -1.16. The SMILES string of the molecule is CSC1(CNC(=O)c2cccc(O)c2)CCCC1. The fraction of sp³-hybridized carbons (Fsp3) is 0.500. The van der Waals surface area contributed by atoms with Gasteiger partial charge in [-0.05, 0) is 37.3 Å². The largest absolute Gasteiger partial charge is 0.508 e. The number of amides is 1. The molecular formula is C14H19NO2S. The first-order valence-corrected chi connectivity index (χ1v) is 7.50. The lowest BCUT2D eigenvalue weighted by Crippen LogP contribution is -2.38. The first-order chi connectivity index (χ1) is 8.65. The molecule has 1 aromatic carbocycles. The van der Waals surface area contributed by atoms with Crippen LogP contribution < -0.4 is 5.32 Å². The number of phenolic OH excluding ortho intramolecular Hbond substituents is 1. The number of thioether (sulfide) groups is 1. The van der Waals surface area contributed by atoms with E-state index >= 15 is 0 Å². The van der Waals surface area contributed by atoms with Crippen molar-refractivity contribution in [2.45, 2.75) is 30.4 Å². The second-order valence-corrected chi connectivity index (χ2v) is 6.10. The van der Waals surface area contributed by atoms with Gasteiger partial charge in [0.2, 0.25) is 0 Å². The van der Waals surface area contributed by atoms with Crippen molar-refractivity contribution >= 4 is 17.7 Å². The third kappa shape index (κ3) is 2.99. The highest BCUT2D eigenvalue weighted by Gasteiger charge is 2.33. The molecule has 1 aromatic rings. The molecule has 2 N–H and O–H groups in total. The zero-order valence-electron chi connectivity index (χ0n) is 10.6. The van der Waals surface area contributed by atoms with E-state index < -0.39 is 0 Å². The molecule has 3 nitrogen and oxygen atoms in total. The van der Waals surface area contributed by atoms with Gasteiger partial charge < -0.3 is 10.4 Å².